The zero-order chi connectivity index (χ0) is 21.7. The number of esters is 4. The fourth-order valence-corrected chi connectivity index (χ4v) is 4.71. The van der Waals surface area contributed by atoms with Crippen LogP contribution in [0.25, 0.3) is 0 Å². The average molecular weight is 410 g/mol. The average Bonchev–Trinajstić information content (AvgIpc) is 2.67. The monoisotopic (exact) mass is 410 g/mol. The van der Waals surface area contributed by atoms with Gasteiger partial charge in [0.2, 0.25) is 0 Å². The van der Waals surface area contributed by atoms with Crippen LogP contribution < -0.4 is 0 Å². The Morgan fingerprint density at radius 1 is 0.655 bits per heavy atom. The number of rotatable bonds is 8. The molecule has 1 fully saturated rings. The van der Waals surface area contributed by atoms with E-state index in [0.29, 0.717) is 0 Å². The number of hydrogen-bond donors (Lipinski definition) is 0. The summed E-state index contributed by atoms with van der Waals surface area (Å²) in [6.45, 7) is 9.02. The van der Waals surface area contributed by atoms with Crippen LogP contribution in [0.4, 0.5) is 0 Å². The molecule has 8 heteroatoms. The maximum atomic E-state index is 12.9. The van der Waals surface area contributed by atoms with E-state index in [4.69, 9.17) is 18.9 Å². The third-order valence-corrected chi connectivity index (χ3v) is 5.59. The van der Waals surface area contributed by atoms with E-state index in [0.717, 1.165) is 5.57 Å². The van der Waals surface area contributed by atoms with Gasteiger partial charge in [-0.1, -0.05) is 11.6 Å². The predicted octanol–water partition coefficient (Wildman–Crippen LogP) is 1.91. The maximum Gasteiger partial charge on any atom is 0.310 e. The van der Waals surface area contributed by atoms with Crippen LogP contribution in [-0.4, -0.2) is 50.3 Å². The summed E-state index contributed by atoms with van der Waals surface area (Å²) in [5.74, 6) is -7.46. The van der Waals surface area contributed by atoms with Crippen molar-refractivity contribution in [3.8, 4) is 0 Å². The minimum Gasteiger partial charge on any atom is -0.466 e. The molecule has 3 aliphatic rings. The fourth-order valence-electron chi connectivity index (χ4n) is 4.71. The van der Waals surface area contributed by atoms with Gasteiger partial charge in [0.1, 0.15) is 0 Å². The first-order valence-electron chi connectivity index (χ1n) is 10.2. The molecule has 0 radical (unpaired) electrons. The van der Waals surface area contributed by atoms with Gasteiger partial charge in [0, 0.05) is 11.8 Å². The van der Waals surface area contributed by atoms with Crippen LogP contribution in [0.5, 0.6) is 0 Å². The van der Waals surface area contributed by atoms with E-state index < -0.39 is 59.4 Å². The first kappa shape index (κ1) is 22.9. The molecule has 162 valence electrons. The summed E-state index contributed by atoms with van der Waals surface area (Å²) in [4.78, 5) is 51.3. The van der Waals surface area contributed by atoms with E-state index >= 15 is 0 Å². The number of ether oxygens (including phenoxy) is 4. The lowest BCUT2D eigenvalue weighted by atomic mass is 9.51. The van der Waals surface area contributed by atoms with Crippen molar-refractivity contribution in [1.29, 1.82) is 0 Å². The second-order valence-corrected chi connectivity index (χ2v) is 7.13. The van der Waals surface area contributed by atoms with Gasteiger partial charge >= 0.3 is 23.9 Å². The molecule has 2 bridgehead atoms. The predicted molar refractivity (Wildman–Crippen MR) is 101 cm³/mol. The van der Waals surface area contributed by atoms with E-state index in [-0.39, 0.29) is 26.4 Å². The summed E-state index contributed by atoms with van der Waals surface area (Å²) in [6, 6.07) is 0. The molecule has 3 aliphatic carbocycles. The molecule has 0 aromatic carbocycles. The number of carbonyl (C=O) groups is 4. The van der Waals surface area contributed by atoms with Crippen LogP contribution in [0.2, 0.25) is 0 Å². The molecule has 0 aromatic heterocycles. The Labute approximate surface area is 170 Å². The van der Waals surface area contributed by atoms with Crippen molar-refractivity contribution in [3.63, 3.8) is 0 Å². The third kappa shape index (κ3) is 4.31. The Morgan fingerprint density at radius 3 is 1.28 bits per heavy atom. The molecule has 0 heterocycles. The molecule has 4 atom stereocenters. The smallest absolute Gasteiger partial charge is 0.310 e. The van der Waals surface area contributed by atoms with E-state index in [9.17, 15) is 19.2 Å². The normalized spacial score (nSPS) is 30.2. The first-order chi connectivity index (χ1) is 13.8. The molecule has 0 aromatic rings. The van der Waals surface area contributed by atoms with Gasteiger partial charge < -0.3 is 18.9 Å². The molecule has 3 rings (SSSR count). The molecule has 0 spiro atoms. The van der Waals surface area contributed by atoms with Crippen molar-refractivity contribution in [1.82, 2.24) is 0 Å². The summed E-state index contributed by atoms with van der Waals surface area (Å²) in [5.41, 5.74) is 0.757. The molecule has 4 unspecified atom stereocenters. The second kappa shape index (κ2) is 9.89. The summed E-state index contributed by atoms with van der Waals surface area (Å²) in [7, 11) is 0. The number of hydrogen-bond acceptors (Lipinski definition) is 8. The summed E-state index contributed by atoms with van der Waals surface area (Å²) in [5, 5.41) is 0. The Hall–Kier alpha value is -2.38. The molecular weight excluding hydrogens is 380 g/mol. The van der Waals surface area contributed by atoms with Crippen molar-refractivity contribution in [2.75, 3.05) is 26.4 Å². The standard InChI is InChI=1S/C21H30O8/c1-6-26-18(22)14-12-10-11(5)13(16(14)20(24)28-8-3)17(21(25)29-9-4)15(12)19(23)27-7-2/h10,12-17H,6-9H2,1-5H3. The highest BCUT2D eigenvalue weighted by molar-refractivity contribution is 5.90. The van der Waals surface area contributed by atoms with Gasteiger partial charge in [0.05, 0.1) is 50.1 Å². The van der Waals surface area contributed by atoms with Gasteiger partial charge in [0.15, 0.2) is 0 Å². The van der Waals surface area contributed by atoms with Crippen molar-refractivity contribution in [3.05, 3.63) is 11.6 Å². The third-order valence-electron chi connectivity index (χ3n) is 5.59. The highest BCUT2D eigenvalue weighted by Crippen LogP contribution is 2.55. The largest absolute Gasteiger partial charge is 0.466 e. The lowest BCUT2D eigenvalue weighted by Crippen LogP contribution is -2.59. The van der Waals surface area contributed by atoms with Gasteiger partial charge in [-0.15, -0.1) is 0 Å². The minimum atomic E-state index is -0.928. The summed E-state index contributed by atoms with van der Waals surface area (Å²) in [6.07, 6.45) is 1.79. The van der Waals surface area contributed by atoms with Crippen LogP contribution >= 0.6 is 0 Å². The quantitative estimate of drug-likeness (QED) is 0.339. The molecule has 29 heavy (non-hydrogen) atoms. The van der Waals surface area contributed by atoms with Crippen molar-refractivity contribution in [2.45, 2.75) is 34.6 Å². The van der Waals surface area contributed by atoms with Gasteiger partial charge in [-0.3, -0.25) is 19.2 Å². The SMILES string of the molecule is CCOC(=O)C1C2C=C(C)C(C1C(=O)OCC)C(C(=O)OCC)C2C(=O)OCC. The highest BCUT2D eigenvalue weighted by atomic mass is 16.5. The van der Waals surface area contributed by atoms with E-state index in [2.05, 4.69) is 0 Å². The van der Waals surface area contributed by atoms with Crippen LogP contribution in [-0.2, 0) is 38.1 Å². The zero-order valence-corrected chi connectivity index (χ0v) is 17.6. The van der Waals surface area contributed by atoms with E-state index in [1.54, 1.807) is 40.7 Å². The fraction of sp³-hybridized carbons (Fsp3) is 0.714. The number of allylic oxidation sites excluding steroid dienone is 2. The Bertz CT molecular complexity index is 634. The van der Waals surface area contributed by atoms with Crippen LogP contribution in [0.15, 0.2) is 11.6 Å². The Balaban J connectivity index is 2.61. The lowest BCUT2D eigenvalue weighted by molar-refractivity contribution is -0.186. The van der Waals surface area contributed by atoms with Crippen LogP contribution in [0, 0.1) is 35.5 Å². The van der Waals surface area contributed by atoms with Crippen LogP contribution in [0.1, 0.15) is 34.6 Å². The topological polar surface area (TPSA) is 105 Å². The summed E-state index contributed by atoms with van der Waals surface area (Å²) >= 11 is 0. The summed E-state index contributed by atoms with van der Waals surface area (Å²) < 4.78 is 20.9. The first-order valence-corrected chi connectivity index (χ1v) is 10.2. The molecular formula is C21H30O8. The van der Waals surface area contributed by atoms with Crippen molar-refractivity contribution >= 4 is 23.9 Å². The second-order valence-electron chi connectivity index (χ2n) is 7.13. The molecule has 0 amide bonds. The number of fused-ring (bicyclic) bond motifs is 2. The zero-order valence-electron chi connectivity index (χ0n) is 17.6. The van der Waals surface area contributed by atoms with E-state index in [1.165, 1.54) is 0 Å². The van der Waals surface area contributed by atoms with Crippen molar-refractivity contribution < 1.29 is 38.1 Å². The molecule has 1 saturated carbocycles. The molecule has 0 aliphatic heterocycles. The van der Waals surface area contributed by atoms with Gasteiger partial charge in [0.25, 0.3) is 0 Å². The minimum absolute atomic E-state index is 0.135. The van der Waals surface area contributed by atoms with Gasteiger partial charge in [-0.2, -0.15) is 0 Å². The van der Waals surface area contributed by atoms with E-state index in [1.807, 2.05) is 0 Å². The van der Waals surface area contributed by atoms with Crippen LogP contribution in [0.3, 0.4) is 0 Å². The van der Waals surface area contributed by atoms with Crippen molar-refractivity contribution in [2.24, 2.45) is 35.5 Å². The van der Waals surface area contributed by atoms with Gasteiger partial charge in [-0.25, -0.2) is 0 Å². The highest BCUT2D eigenvalue weighted by Gasteiger charge is 2.63. The Kier molecular flexibility index (Phi) is 7.81. The lowest BCUT2D eigenvalue weighted by Gasteiger charge is -2.51. The molecule has 8 nitrogen and oxygen atoms in total. The van der Waals surface area contributed by atoms with Gasteiger partial charge in [-0.05, 0) is 34.6 Å². The molecule has 0 N–H and O–H groups in total. The molecule has 0 saturated heterocycles. The number of carbonyl (C=O) groups excluding carboxylic acids is 4. The maximum absolute atomic E-state index is 12.9. The Morgan fingerprint density at radius 2 is 0.966 bits per heavy atom.